The Kier molecular flexibility index (Phi) is 4.29. The second kappa shape index (κ2) is 6.36. The number of carbonyl (C=O) groups is 1. The minimum Gasteiger partial charge on any atom is -0.467 e. The van der Waals surface area contributed by atoms with Crippen molar-refractivity contribution in [2.75, 3.05) is 13.1 Å². The standard InChI is InChI=1S/C16H21N3O3/c1-11-9-13(18-22-11)14-5-3-7-19(14)10-16(20)17-12(2)15-6-4-8-21-15/h4,6,8-9,12,14H,3,5,7,10H2,1-2H3,(H,17,20). The molecule has 0 aromatic carbocycles. The molecule has 1 N–H and O–H groups in total. The quantitative estimate of drug-likeness (QED) is 0.919. The fourth-order valence-corrected chi connectivity index (χ4v) is 2.97. The van der Waals surface area contributed by atoms with E-state index in [1.54, 1.807) is 6.26 Å². The Morgan fingerprint density at radius 2 is 2.45 bits per heavy atom. The Labute approximate surface area is 129 Å². The number of hydrogen-bond donors (Lipinski definition) is 1. The molecule has 22 heavy (non-hydrogen) atoms. The van der Waals surface area contributed by atoms with Crippen LogP contribution < -0.4 is 5.32 Å². The van der Waals surface area contributed by atoms with Crippen LogP contribution in [0.25, 0.3) is 0 Å². The van der Waals surface area contributed by atoms with Crippen LogP contribution in [0.4, 0.5) is 0 Å². The van der Waals surface area contributed by atoms with E-state index in [0.29, 0.717) is 6.54 Å². The third kappa shape index (κ3) is 3.22. The molecule has 6 heteroatoms. The second-order valence-corrected chi connectivity index (χ2v) is 5.80. The summed E-state index contributed by atoms with van der Waals surface area (Å²) in [6.07, 6.45) is 3.69. The number of aromatic nitrogens is 1. The molecular weight excluding hydrogens is 282 g/mol. The lowest BCUT2D eigenvalue weighted by Crippen LogP contribution is -2.38. The first-order valence-electron chi connectivity index (χ1n) is 7.63. The van der Waals surface area contributed by atoms with Crippen molar-refractivity contribution in [3.63, 3.8) is 0 Å². The monoisotopic (exact) mass is 303 g/mol. The Morgan fingerprint density at radius 1 is 1.59 bits per heavy atom. The fourth-order valence-electron chi connectivity index (χ4n) is 2.97. The van der Waals surface area contributed by atoms with Gasteiger partial charge in [0.05, 0.1) is 24.9 Å². The smallest absolute Gasteiger partial charge is 0.234 e. The van der Waals surface area contributed by atoms with Crippen LogP contribution in [0.5, 0.6) is 0 Å². The van der Waals surface area contributed by atoms with Crippen molar-refractivity contribution >= 4 is 5.91 Å². The predicted molar refractivity (Wildman–Crippen MR) is 80.1 cm³/mol. The van der Waals surface area contributed by atoms with Crippen molar-refractivity contribution in [2.45, 2.75) is 38.8 Å². The molecule has 0 bridgehead atoms. The van der Waals surface area contributed by atoms with E-state index in [-0.39, 0.29) is 18.0 Å². The van der Waals surface area contributed by atoms with Crippen LogP contribution in [0, 0.1) is 6.92 Å². The number of aryl methyl sites for hydroxylation is 1. The number of nitrogens with zero attached hydrogens (tertiary/aromatic N) is 2. The highest BCUT2D eigenvalue weighted by Crippen LogP contribution is 2.31. The van der Waals surface area contributed by atoms with Crippen LogP contribution >= 0.6 is 0 Å². The molecule has 3 heterocycles. The molecule has 2 atom stereocenters. The van der Waals surface area contributed by atoms with Crippen LogP contribution in [-0.4, -0.2) is 29.1 Å². The highest BCUT2D eigenvalue weighted by Gasteiger charge is 2.30. The summed E-state index contributed by atoms with van der Waals surface area (Å²) < 4.78 is 10.5. The molecule has 0 saturated carbocycles. The summed E-state index contributed by atoms with van der Waals surface area (Å²) in [6, 6.07) is 5.68. The molecule has 6 nitrogen and oxygen atoms in total. The lowest BCUT2D eigenvalue weighted by molar-refractivity contribution is -0.123. The van der Waals surface area contributed by atoms with E-state index in [2.05, 4.69) is 15.4 Å². The first kappa shape index (κ1) is 14.8. The Hall–Kier alpha value is -2.08. The third-order valence-electron chi connectivity index (χ3n) is 4.05. The zero-order valence-corrected chi connectivity index (χ0v) is 12.9. The highest BCUT2D eigenvalue weighted by molar-refractivity contribution is 5.78. The zero-order chi connectivity index (χ0) is 15.5. The van der Waals surface area contributed by atoms with Crippen molar-refractivity contribution in [3.05, 3.63) is 41.7 Å². The van der Waals surface area contributed by atoms with Crippen molar-refractivity contribution in [1.29, 1.82) is 0 Å². The number of rotatable bonds is 5. The summed E-state index contributed by atoms with van der Waals surface area (Å²) in [5, 5.41) is 7.06. The molecule has 0 spiro atoms. The van der Waals surface area contributed by atoms with Gasteiger partial charge in [-0.15, -0.1) is 0 Å². The van der Waals surface area contributed by atoms with Gasteiger partial charge in [-0.3, -0.25) is 9.69 Å². The number of furan rings is 1. The minimum absolute atomic E-state index is 0.00369. The largest absolute Gasteiger partial charge is 0.467 e. The van der Waals surface area contributed by atoms with Gasteiger partial charge in [0.15, 0.2) is 0 Å². The van der Waals surface area contributed by atoms with Crippen LogP contribution in [0.1, 0.15) is 49.1 Å². The Balaban J connectivity index is 1.58. The molecular formula is C16H21N3O3. The van der Waals surface area contributed by atoms with Gasteiger partial charge >= 0.3 is 0 Å². The maximum Gasteiger partial charge on any atom is 0.234 e. The van der Waals surface area contributed by atoms with Gasteiger partial charge < -0.3 is 14.3 Å². The third-order valence-corrected chi connectivity index (χ3v) is 4.05. The number of nitrogens with one attached hydrogen (secondary N) is 1. The Bertz CT molecular complexity index is 620. The van der Waals surface area contributed by atoms with E-state index >= 15 is 0 Å². The van der Waals surface area contributed by atoms with Gasteiger partial charge in [-0.05, 0) is 45.4 Å². The van der Waals surface area contributed by atoms with E-state index in [4.69, 9.17) is 8.94 Å². The summed E-state index contributed by atoms with van der Waals surface area (Å²) in [5.74, 6) is 1.56. The molecule has 118 valence electrons. The van der Waals surface area contributed by atoms with Crippen molar-refractivity contribution in [1.82, 2.24) is 15.4 Å². The first-order valence-corrected chi connectivity index (χ1v) is 7.63. The molecule has 3 rings (SSSR count). The minimum atomic E-state index is -0.127. The van der Waals surface area contributed by atoms with Crippen molar-refractivity contribution in [3.8, 4) is 0 Å². The lowest BCUT2D eigenvalue weighted by atomic mass is 10.1. The Morgan fingerprint density at radius 3 is 3.14 bits per heavy atom. The van der Waals surface area contributed by atoms with Gasteiger partial charge in [0, 0.05) is 6.07 Å². The van der Waals surface area contributed by atoms with E-state index in [0.717, 1.165) is 36.6 Å². The molecule has 1 fully saturated rings. The number of hydrogen-bond acceptors (Lipinski definition) is 5. The van der Waals surface area contributed by atoms with Gasteiger partial charge in [-0.2, -0.15) is 0 Å². The van der Waals surface area contributed by atoms with E-state index in [1.165, 1.54) is 0 Å². The first-order chi connectivity index (χ1) is 10.6. The maximum atomic E-state index is 12.2. The van der Waals surface area contributed by atoms with Gasteiger partial charge in [0.25, 0.3) is 0 Å². The maximum absolute atomic E-state index is 12.2. The van der Waals surface area contributed by atoms with Crippen molar-refractivity contribution in [2.24, 2.45) is 0 Å². The predicted octanol–water partition coefficient (Wildman–Crippen LogP) is 2.59. The molecule has 1 aliphatic heterocycles. The van der Waals surface area contributed by atoms with Crippen molar-refractivity contribution < 1.29 is 13.7 Å². The zero-order valence-electron chi connectivity index (χ0n) is 12.9. The van der Waals surface area contributed by atoms with Gasteiger partial charge in [-0.25, -0.2) is 0 Å². The van der Waals surface area contributed by atoms with Gasteiger partial charge in [0.2, 0.25) is 5.91 Å². The van der Waals surface area contributed by atoms with Crippen LogP contribution in [0.3, 0.4) is 0 Å². The van der Waals surface area contributed by atoms with Gasteiger partial charge in [0.1, 0.15) is 17.2 Å². The molecule has 1 amide bonds. The van der Waals surface area contributed by atoms with Crippen LogP contribution in [-0.2, 0) is 4.79 Å². The SMILES string of the molecule is Cc1cc(C2CCCN2CC(=O)NC(C)c2ccco2)no1. The van der Waals surface area contributed by atoms with E-state index in [1.807, 2.05) is 32.0 Å². The van der Waals surface area contributed by atoms with Crippen LogP contribution in [0.2, 0.25) is 0 Å². The normalized spacial score (nSPS) is 20.2. The molecule has 0 aliphatic carbocycles. The average Bonchev–Trinajstić information content (AvgIpc) is 3.18. The summed E-state index contributed by atoms with van der Waals surface area (Å²) in [6.45, 7) is 5.06. The summed E-state index contributed by atoms with van der Waals surface area (Å²) in [5.41, 5.74) is 0.918. The summed E-state index contributed by atoms with van der Waals surface area (Å²) >= 11 is 0. The molecule has 2 unspecified atom stereocenters. The van der Waals surface area contributed by atoms with E-state index in [9.17, 15) is 4.79 Å². The number of likely N-dealkylation sites (tertiary alicyclic amines) is 1. The van der Waals surface area contributed by atoms with E-state index < -0.39 is 0 Å². The summed E-state index contributed by atoms with van der Waals surface area (Å²) in [7, 11) is 0. The molecule has 2 aromatic rings. The summed E-state index contributed by atoms with van der Waals surface area (Å²) in [4.78, 5) is 14.4. The average molecular weight is 303 g/mol. The van der Waals surface area contributed by atoms with Gasteiger partial charge in [-0.1, -0.05) is 5.16 Å². The fraction of sp³-hybridized carbons (Fsp3) is 0.500. The molecule has 1 aliphatic rings. The van der Waals surface area contributed by atoms with Crippen LogP contribution in [0.15, 0.2) is 33.4 Å². The number of carbonyl (C=O) groups excluding carboxylic acids is 1. The highest BCUT2D eigenvalue weighted by atomic mass is 16.5. The second-order valence-electron chi connectivity index (χ2n) is 5.80. The lowest BCUT2D eigenvalue weighted by Gasteiger charge is -2.22. The molecule has 1 saturated heterocycles. The molecule has 0 radical (unpaired) electrons. The topological polar surface area (TPSA) is 71.5 Å². The molecule has 2 aromatic heterocycles. The number of amides is 1.